The lowest BCUT2D eigenvalue weighted by Crippen LogP contribution is -2.38. The Kier molecular flexibility index (Phi) is 5.20. The molecule has 1 aliphatic rings. The molecule has 1 fully saturated rings. The molecule has 0 saturated heterocycles. The van der Waals surface area contributed by atoms with Crippen molar-refractivity contribution in [3.8, 4) is 0 Å². The number of aliphatic hydroxyl groups excluding tert-OH is 1. The molecular weight excluding hydrogens is 281 g/mol. The van der Waals surface area contributed by atoms with E-state index in [0.29, 0.717) is 17.6 Å². The molecule has 0 spiro atoms. The number of nitrogens with zero attached hydrogens (tertiary/aromatic N) is 1. The highest BCUT2D eigenvalue weighted by atomic mass is 35.5. The molecule has 0 aromatic heterocycles. The van der Waals surface area contributed by atoms with Crippen LogP contribution in [0.15, 0.2) is 23.2 Å². The molecule has 1 aromatic carbocycles. The summed E-state index contributed by atoms with van der Waals surface area (Å²) in [7, 11) is 0. The van der Waals surface area contributed by atoms with Crippen LogP contribution >= 0.6 is 11.6 Å². The fourth-order valence-corrected chi connectivity index (χ4v) is 2.45. The summed E-state index contributed by atoms with van der Waals surface area (Å²) in [6.45, 7) is 0.0899. The van der Waals surface area contributed by atoms with Crippen LogP contribution in [0.5, 0.6) is 0 Å². The Morgan fingerprint density at radius 3 is 2.85 bits per heavy atom. The van der Waals surface area contributed by atoms with Crippen LogP contribution in [0.3, 0.4) is 0 Å². The van der Waals surface area contributed by atoms with Gasteiger partial charge in [-0.05, 0) is 30.5 Å². The Hall–Kier alpha value is -1.33. The first-order valence-corrected chi connectivity index (χ1v) is 7.13. The van der Waals surface area contributed by atoms with Crippen molar-refractivity contribution in [2.24, 2.45) is 10.7 Å². The number of aliphatic imine (C=N–C) groups is 1. The van der Waals surface area contributed by atoms with Crippen LogP contribution in [-0.4, -0.2) is 23.7 Å². The molecule has 20 heavy (non-hydrogen) atoms. The van der Waals surface area contributed by atoms with Crippen molar-refractivity contribution in [2.75, 3.05) is 6.54 Å². The molecule has 2 rings (SSSR count). The van der Waals surface area contributed by atoms with Crippen molar-refractivity contribution in [1.29, 1.82) is 0 Å². The van der Waals surface area contributed by atoms with E-state index in [4.69, 9.17) is 17.3 Å². The average molecular weight is 300 g/mol. The standard InChI is InChI=1S/C14H19ClFN3O/c15-11-6-5-9(7-12(11)16)13(20)8-18-14(17)19-10-3-1-2-4-10/h5-7,10,13,20H,1-4,8H2,(H3,17,18,19). The second-order valence-corrected chi connectivity index (χ2v) is 5.45. The highest BCUT2D eigenvalue weighted by Gasteiger charge is 2.15. The monoisotopic (exact) mass is 299 g/mol. The zero-order valence-corrected chi connectivity index (χ0v) is 11.9. The summed E-state index contributed by atoms with van der Waals surface area (Å²) in [5, 5.41) is 13.1. The molecule has 4 nitrogen and oxygen atoms in total. The highest BCUT2D eigenvalue weighted by molar-refractivity contribution is 6.30. The minimum atomic E-state index is -0.898. The number of halogens is 2. The van der Waals surface area contributed by atoms with E-state index in [1.165, 1.54) is 25.0 Å². The summed E-state index contributed by atoms with van der Waals surface area (Å²) < 4.78 is 13.3. The lowest BCUT2D eigenvalue weighted by atomic mass is 10.1. The van der Waals surface area contributed by atoms with Crippen LogP contribution in [0.4, 0.5) is 4.39 Å². The van der Waals surface area contributed by atoms with Gasteiger partial charge in [-0.15, -0.1) is 0 Å². The van der Waals surface area contributed by atoms with E-state index in [0.717, 1.165) is 12.8 Å². The van der Waals surface area contributed by atoms with Gasteiger partial charge in [0.2, 0.25) is 0 Å². The minimum Gasteiger partial charge on any atom is -0.386 e. The summed E-state index contributed by atoms with van der Waals surface area (Å²) in [5.41, 5.74) is 6.20. The first kappa shape index (κ1) is 15.1. The number of hydrogen-bond donors (Lipinski definition) is 3. The summed E-state index contributed by atoms with van der Waals surface area (Å²) >= 11 is 5.59. The fraction of sp³-hybridized carbons (Fsp3) is 0.500. The van der Waals surface area contributed by atoms with Crippen LogP contribution in [-0.2, 0) is 0 Å². The van der Waals surface area contributed by atoms with E-state index in [-0.39, 0.29) is 11.6 Å². The van der Waals surface area contributed by atoms with Crippen molar-refractivity contribution in [1.82, 2.24) is 5.32 Å². The van der Waals surface area contributed by atoms with E-state index in [2.05, 4.69) is 10.3 Å². The fourth-order valence-electron chi connectivity index (χ4n) is 2.33. The largest absolute Gasteiger partial charge is 0.386 e. The molecule has 110 valence electrons. The second kappa shape index (κ2) is 6.90. The molecule has 0 radical (unpaired) electrons. The van der Waals surface area contributed by atoms with Crippen LogP contribution in [0.2, 0.25) is 5.02 Å². The molecular formula is C14H19ClFN3O. The molecule has 4 N–H and O–H groups in total. The molecule has 0 aliphatic heterocycles. The second-order valence-electron chi connectivity index (χ2n) is 5.04. The summed E-state index contributed by atoms with van der Waals surface area (Å²) in [5.74, 6) is -0.227. The molecule has 6 heteroatoms. The SMILES string of the molecule is NC(=NCC(O)c1ccc(Cl)c(F)c1)NC1CCCC1. The van der Waals surface area contributed by atoms with Crippen LogP contribution in [0.1, 0.15) is 37.4 Å². The first-order chi connectivity index (χ1) is 9.56. The number of rotatable bonds is 4. The average Bonchev–Trinajstić information content (AvgIpc) is 2.92. The van der Waals surface area contributed by atoms with E-state index >= 15 is 0 Å². The van der Waals surface area contributed by atoms with Crippen molar-refractivity contribution < 1.29 is 9.50 Å². The maximum absolute atomic E-state index is 13.3. The van der Waals surface area contributed by atoms with Crippen molar-refractivity contribution in [2.45, 2.75) is 37.8 Å². The predicted octanol–water partition coefficient (Wildman–Crippen LogP) is 2.36. The zero-order chi connectivity index (χ0) is 14.5. The molecule has 1 saturated carbocycles. The van der Waals surface area contributed by atoms with Gasteiger partial charge in [0.1, 0.15) is 5.82 Å². The number of nitrogens with one attached hydrogen (secondary N) is 1. The predicted molar refractivity (Wildman–Crippen MR) is 78.3 cm³/mol. The van der Waals surface area contributed by atoms with E-state index in [1.54, 1.807) is 6.07 Å². The van der Waals surface area contributed by atoms with Gasteiger partial charge < -0.3 is 16.2 Å². The van der Waals surface area contributed by atoms with Gasteiger partial charge in [0, 0.05) is 6.04 Å². The number of hydrogen-bond acceptors (Lipinski definition) is 2. The quantitative estimate of drug-likeness (QED) is 0.590. The van der Waals surface area contributed by atoms with Crippen LogP contribution in [0.25, 0.3) is 0 Å². The lowest BCUT2D eigenvalue weighted by molar-refractivity contribution is 0.186. The van der Waals surface area contributed by atoms with Crippen molar-refractivity contribution >= 4 is 17.6 Å². The lowest BCUT2D eigenvalue weighted by Gasteiger charge is -2.13. The van der Waals surface area contributed by atoms with Gasteiger partial charge in [0.25, 0.3) is 0 Å². The number of guanidine groups is 1. The summed E-state index contributed by atoms with van der Waals surface area (Å²) in [4.78, 5) is 4.09. The molecule has 1 atom stereocenters. The molecule has 1 aromatic rings. The molecule has 1 aliphatic carbocycles. The third kappa shape index (κ3) is 4.08. The van der Waals surface area contributed by atoms with Gasteiger partial charge in [0.05, 0.1) is 17.7 Å². The number of nitrogens with two attached hydrogens (primary N) is 1. The number of benzene rings is 1. The van der Waals surface area contributed by atoms with Crippen molar-refractivity contribution in [3.05, 3.63) is 34.6 Å². The molecule has 0 amide bonds. The van der Waals surface area contributed by atoms with Gasteiger partial charge in [-0.25, -0.2) is 4.39 Å². The minimum absolute atomic E-state index is 0.0341. The van der Waals surface area contributed by atoms with Gasteiger partial charge >= 0.3 is 0 Å². The third-order valence-corrected chi connectivity index (χ3v) is 3.78. The first-order valence-electron chi connectivity index (χ1n) is 6.75. The maximum Gasteiger partial charge on any atom is 0.188 e. The topological polar surface area (TPSA) is 70.6 Å². The smallest absolute Gasteiger partial charge is 0.188 e. The zero-order valence-electron chi connectivity index (χ0n) is 11.1. The van der Waals surface area contributed by atoms with Gasteiger partial charge in [0.15, 0.2) is 5.96 Å². The van der Waals surface area contributed by atoms with Gasteiger partial charge in [-0.2, -0.15) is 0 Å². The molecule has 0 heterocycles. The van der Waals surface area contributed by atoms with Crippen molar-refractivity contribution in [3.63, 3.8) is 0 Å². The highest BCUT2D eigenvalue weighted by Crippen LogP contribution is 2.20. The van der Waals surface area contributed by atoms with Gasteiger partial charge in [-0.1, -0.05) is 30.5 Å². The van der Waals surface area contributed by atoms with E-state index < -0.39 is 11.9 Å². The molecule has 1 unspecified atom stereocenters. The Bertz CT molecular complexity index is 489. The normalized spacial score (nSPS) is 18.2. The number of aliphatic hydroxyl groups is 1. The maximum atomic E-state index is 13.3. The Labute approximate surface area is 122 Å². The van der Waals surface area contributed by atoms with Gasteiger partial charge in [-0.3, -0.25) is 4.99 Å². The van der Waals surface area contributed by atoms with Crippen LogP contribution < -0.4 is 11.1 Å². The Morgan fingerprint density at radius 2 is 2.20 bits per heavy atom. The van der Waals surface area contributed by atoms with E-state index in [1.807, 2.05) is 0 Å². The summed E-state index contributed by atoms with van der Waals surface area (Å²) in [6.07, 6.45) is 3.71. The Balaban J connectivity index is 1.89. The Morgan fingerprint density at radius 1 is 1.50 bits per heavy atom. The summed E-state index contributed by atoms with van der Waals surface area (Å²) in [6, 6.07) is 4.58. The van der Waals surface area contributed by atoms with Crippen LogP contribution in [0, 0.1) is 5.82 Å². The molecule has 0 bridgehead atoms. The van der Waals surface area contributed by atoms with E-state index in [9.17, 15) is 9.50 Å². The third-order valence-electron chi connectivity index (χ3n) is 3.47.